The van der Waals surface area contributed by atoms with Gasteiger partial charge in [0.25, 0.3) is 0 Å². The summed E-state index contributed by atoms with van der Waals surface area (Å²) in [6.07, 6.45) is 2.23. The molecule has 0 spiro atoms. The monoisotopic (exact) mass is 347 g/mol. The summed E-state index contributed by atoms with van der Waals surface area (Å²) in [4.78, 5) is 12.0. The van der Waals surface area contributed by atoms with Crippen LogP contribution in [0.2, 0.25) is 0 Å². The van der Waals surface area contributed by atoms with Crippen LogP contribution in [0.25, 0.3) is 5.69 Å². The maximum absolute atomic E-state index is 12.0. The number of benzene rings is 1. The van der Waals surface area contributed by atoms with Crippen molar-refractivity contribution in [1.29, 1.82) is 0 Å². The Morgan fingerprint density at radius 1 is 1.42 bits per heavy atom. The van der Waals surface area contributed by atoms with Gasteiger partial charge in [-0.1, -0.05) is 17.8 Å². The molecule has 1 N–H and O–H groups in total. The topological polar surface area (TPSA) is 81.9 Å². The molecule has 1 fully saturated rings. The molecule has 0 radical (unpaired) electrons. The molecule has 3 rings (SSSR count). The fourth-order valence-electron chi connectivity index (χ4n) is 2.50. The maximum Gasteiger partial charge on any atom is 0.230 e. The predicted molar refractivity (Wildman–Crippen MR) is 91.3 cm³/mol. The van der Waals surface area contributed by atoms with Crippen LogP contribution in [-0.2, 0) is 9.53 Å². The van der Waals surface area contributed by atoms with Gasteiger partial charge in [-0.15, -0.1) is 5.10 Å². The van der Waals surface area contributed by atoms with Crippen LogP contribution in [0.3, 0.4) is 0 Å². The highest BCUT2D eigenvalue weighted by atomic mass is 32.2. The molecule has 1 amide bonds. The summed E-state index contributed by atoms with van der Waals surface area (Å²) in [6.45, 7) is 5.48. The zero-order valence-electron chi connectivity index (χ0n) is 13.9. The minimum atomic E-state index is -0.0369. The van der Waals surface area contributed by atoms with Gasteiger partial charge in [-0.25, -0.2) is 0 Å². The Morgan fingerprint density at radius 2 is 2.29 bits per heavy atom. The minimum absolute atomic E-state index is 0.0369. The number of hydrogen-bond donors (Lipinski definition) is 1. The molecule has 1 aliphatic rings. The summed E-state index contributed by atoms with van der Waals surface area (Å²) in [5, 5.41) is 15.3. The number of thioether (sulfide) groups is 1. The number of nitrogens with one attached hydrogen (secondary N) is 1. The van der Waals surface area contributed by atoms with Crippen molar-refractivity contribution in [2.24, 2.45) is 0 Å². The standard InChI is InChI=1S/C16H21N5O2S/c1-11-5-6-13(8-12(11)2)21-16(18-19-20-21)24-10-15(22)17-9-14-4-3-7-23-14/h5-6,8,14H,3-4,7,9-10H2,1-2H3,(H,17,22)/t14-/m1/s1. The predicted octanol–water partition coefficient (Wildman–Crippen LogP) is 1.67. The zero-order valence-corrected chi connectivity index (χ0v) is 14.7. The summed E-state index contributed by atoms with van der Waals surface area (Å²) < 4.78 is 7.15. The molecule has 1 aromatic heterocycles. The van der Waals surface area contributed by atoms with E-state index in [1.165, 1.54) is 22.9 Å². The molecule has 0 unspecified atom stereocenters. The third-order valence-electron chi connectivity index (χ3n) is 4.06. The first-order valence-electron chi connectivity index (χ1n) is 8.00. The quantitative estimate of drug-likeness (QED) is 0.801. The highest BCUT2D eigenvalue weighted by Crippen LogP contribution is 2.20. The molecule has 24 heavy (non-hydrogen) atoms. The van der Waals surface area contributed by atoms with Crippen molar-refractivity contribution in [3.8, 4) is 5.69 Å². The van der Waals surface area contributed by atoms with E-state index in [0.717, 1.165) is 25.1 Å². The second kappa shape index (κ2) is 7.76. The number of amides is 1. The van der Waals surface area contributed by atoms with Gasteiger partial charge >= 0.3 is 0 Å². The Balaban J connectivity index is 1.57. The summed E-state index contributed by atoms with van der Waals surface area (Å²) in [7, 11) is 0. The first-order chi connectivity index (χ1) is 11.6. The molecule has 7 nitrogen and oxygen atoms in total. The fourth-order valence-corrected chi connectivity index (χ4v) is 3.22. The van der Waals surface area contributed by atoms with Crippen LogP contribution in [0.4, 0.5) is 0 Å². The number of carbonyl (C=O) groups excluding carboxylic acids is 1. The van der Waals surface area contributed by atoms with E-state index in [9.17, 15) is 4.79 Å². The van der Waals surface area contributed by atoms with Crippen molar-refractivity contribution in [2.45, 2.75) is 37.9 Å². The normalized spacial score (nSPS) is 17.2. The van der Waals surface area contributed by atoms with Crippen LogP contribution >= 0.6 is 11.8 Å². The number of aromatic nitrogens is 4. The lowest BCUT2D eigenvalue weighted by Gasteiger charge is -2.10. The van der Waals surface area contributed by atoms with Crippen molar-refractivity contribution < 1.29 is 9.53 Å². The number of hydrogen-bond acceptors (Lipinski definition) is 6. The Kier molecular flexibility index (Phi) is 5.47. The molecule has 0 saturated carbocycles. The number of nitrogens with zero attached hydrogens (tertiary/aromatic N) is 4. The fraction of sp³-hybridized carbons (Fsp3) is 0.500. The van der Waals surface area contributed by atoms with Gasteiger partial charge in [0.05, 0.1) is 17.5 Å². The largest absolute Gasteiger partial charge is 0.376 e. The van der Waals surface area contributed by atoms with E-state index in [1.54, 1.807) is 4.68 Å². The third kappa shape index (κ3) is 4.12. The second-order valence-electron chi connectivity index (χ2n) is 5.87. The molecule has 1 aliphatic heterocycles. The SMILES string of the molecule is Cc1ccc(-n2nnnc2SCC(=O)NC[C@H]2CCCO2)cc1C. The van der Waals surface area contributed by atoms with Crippen molar-refractivity contribution in [3.05, 3.63) is 29.3 Å². The van der Waals surface area contributed by atoms with Crippen LogP contribution in [-0.4, -0.2) is 51.1 Å². The molecule has 1 aromatic carbocycles. The van der Waals surface area contributed by atoms with E-state index >= 15 is 0 Å². The first kappa shape index (κ1) is 16.9. The Bertz CT molecular complexity index is 712. The number of carbonyl (C=O) groups is 1. The molecule has 128 valence electrons. The molecule has 2 heterocycles. The van der Waals surface area contributed by atoms with E-state index in [0.29, 0.717) is 11.7 Å². The average molecular weight is 347 g/mol. The lowest BCUT2D eigenvalue weighted by Crippen LogP contribution is -2.32. The summed E-state index contributed by atoms with van der Waals surface area (Å²) in [6, 6.07) is 6.04. The van der Waals surface area contributed by atoms with Crippen LogP contribution in [0, 0.1) is 13.8 Å². The first-order valence-corrected chi connectivity index (χ1v) is 8.99. The zero-order chi connectivity index (χ0) is 16.9. The van der Waals surface area contributed by atoms with Gasteiger partial charge in [-0.05, 0) is 60.4 Å². The smallest absolute Gasteiger partial charge is 0.230 e. The van der Waals surface area contributed by atoms with Gasteiger partial charge in [0, 0.05) is 13.2 Å². The minimum Gasteiger partial charge on any atom is -0.376 e. The molecule has 1 saturated heterocycles. The highest BCUT2D eigenvalue weighted by molar-refractivity contribution is 7.99. The third-order valence-corrected chi connectivity index (χ3v) is 4.98. The van der Waals surface area contributed by atoms with Gasteiger partial charge < -0.3 is 10.1 Å². The lowest BCUT2D eigenvalue weighted by molar-refractivity contribution is -0.119. The lowest BCUT2D eigenvalue weighted by atomic mass is 10.1. The van der Waals surface area contributed by atoms with E-state index < -0.39 is 0 Å². The number of aryl methyl sites for hydroxylation is 2. The molecule has 1 atom stereocenters. The summed E-state index contributed by atoms with van der Waals surface area (Å²) in [5.41, 5.74) is 3.29. The van der Waals surface area contributed by atoms with E-state index in [4.69, 9.17) is 4.74 Å². The van der Waals surface area contributed by atoms with Crippen LogP contribution < -0.4 is 5.32 Å². The van der Waals surface area contributed by atoms with E-state index in [-0.39, 0.29) is 17.8 Å². The van der Waals surface area contributed by atoms with Gasteiger partial charge in [0.2, 0.25) is 11.1 Å². The molecular weight excluding hydrogens is 326 g/mol. The Hall–Kier alpha value is -1.93. The molecule has 8 heteroatoms. The van der Waals surface area contributed by atoms with Crippen LogP contribution in [0.1, 0.15) is 24.0 Å². The summed E-state index contributed by atoms with van der Waals surface area (Å²) in [5.74, 6) is 0.239. The van der Waals surface area contributed by atoms with Crippen molar-refractivity contribution in [3.63, 3.8) is 0 Å². The van der Waals surface area contributed by atoms with Gasteiger partial charge in [-0.2, -0.15) is 4.68 Å². The number of rotatable bonds is 6. The maximum atomic E-state index is 12.0. The molecule has 0 bridgehead atoms. The second-order valence-corrected chi connectivity index (χ2v) is 6.81. The van der Waals surface area contributed by atoms with Crippen LogP contribution in [0.5, 0.6) is 0 Å². The number of ether oxygens (including phenoxy) is 1. The van der Waals surface area contributed by atoms with Gasteiger partial charge in [-0.3, -0.25) is 4.79 Å². The van der Waals surface area contributed by atoms with E-state index in [1.807, 2.05) is 18.2 Å². The van der Waals surface area contributed by atoms with Crippen LogP contribution in [0.15, 0.2) is 23.4 Å². The van der Waals surface area contributed by atoms with Gasteiger partial charge in [0.15, 0.2) is 0 Å². The molecule has 2 aromatic rings. The average Bonchev–Trinajstić information content (AvgIpc) is 3.25. The summed E-state index contributed by atoms with van der Waals surface area (Å²) >= 11 is 1.32. The molecule has 0 aliphatic carbocycles. The van der Waals surface area contributed by atoms with Gasteiger partial charge in [0.1, 0.15) is 0 Å². The van der Waals surface area contributed by atoms with Crippen molar-refractivity contribution in [2.75, 3.05) is 18.9 Å². The highest BCUT2D eigenvalue weighted by Gasteiger charge is 2.17. The van der Waals surface area contributed by atoms with E-state index in [2.05, 4.69) is 34.7 Å². The Labute approximate surface area is 145 Å². The van der Waals surface area contributed by atoms with Crippen molar-refractivity contribution >= 4 is 17.7 Å². The molecular formula is C16H21N5O2S. The Morgan fingerprint density at radius 3 is 3.04 bits per heavy atom. The van der Waals surface area contributed by atoms with Crippen molar-refractivity contribution in [1.82, 2.24) is 25.5 Å². The number of tetrazole rings is 1.